The van der Waals surface area contributed by atoms with Crippen LogP contribution in [0.3, 0.4) is 0 Å². The lowest BCUT2D eigenvalue weighted by molar-refractivity contribution is 0.850. The smallest absolute Gasteiger partial charge is 0.0678 e. The van der Waals surface area contributed by atoms with Crippen molar-refractivity contribution in [2.45, 2.75) is 6.42 Å². The molecule has 0 unspecified atom stereocenters. The minimum absolute atomic E-state index is 0.644. The first-order chi connectivity index (χ1) is 7.31. The van der Waals surface area contributed by atoms with E-state index in [1.807, 2.05) is 29.1 Å². The molecule has 4 heteroatoms. The first kappa shape index (κ1) is 10.4. The average Bonchev–Trinajstić information content (AvgIpc) is 2.71. The minimum Gasteiger partial charge on any atom is -0.330 e. The van der Waals surface area contributed by atoms with Crippen LogP contribution in [0.15, 0.2) is 41.1 Å². The highest BCUT2D eigenvalue weighted by atomic mass is 79.9. The summed E-state index contributed by atoms with van der Waals surface area (Å²) < 4.78 is 2.93. The number of rotatable bonds is 3. The van der Waals surface area contributed by atoms with E-state index in [-0.39, 0.29) is 0 Å². The molecule has 2 aromatic rings. The van der Waals surface area contributed by atoms with Crippen molar-refractivity contribution >= 4 is 15.9 Å². The van der Waals surface area contributed by atoms with Crippen molar-refractivity contribution in [1.29, 1.82) is 0 Å². The van der Waals surface area contributed by atoms with Crippen molar-refractivity contribution in [2.24, 2.45) is 5.73 Å². The van der Waals surface area contributed by atoms with Gasteiger partial charge in [0.1, 0.15) is 0 Å². The molecule has 2 N–H and O–H groups in total. The molecular weight excluding hydrogens is 254 g/mol. The Morgan fingerprint density at radius 3 is 2.93 bits per heavy atom. The van der Waals surface area contributed by atoms with Gasteiger partial charge in [-0.05, 0) is 42.8 Å². The van der Waals surface area contributed by atoms with Gasteiger partial charge in [0.2, 0.25) is 0 Å². The fraction of sp³-hybridized carbons (Fsp3) is 0.182. The summed E-state index contributed by atoms with van der Waals surface area (Å²) in [7, 11) is 0. The molecule has 0 aliphatic rings. The number of hydrogen-bond acceptors (Lipinski definition) is 2. The first-order valence-electron chi connectivity index (χ1n) is 4.80. The third kappa shape index (κ3) is 2.27. The number of nitrogens with zero attached hydrogens (tertiary/aromatic N) is 2. The van der Waals surface area contributed by atoms with Crippen molar-refractivity contribution in [3.05, 3.63) is 46.7 Å². The maximum absolute atomic E-state index is 5.59. The second-order valence-electron chi connectivity index (χ2n) is 3.26. The average molecular weight is 266 g/mol. The van der Waals surface area contributed by atoms with Gasteiger partial charge in [-0.25, -0.2) is 4.68 Å². The van der Waals surface area contributed by atoms with Crippen LogP contribution in [0.25, 0.3) is 5.69 Å². The molecule has 0 aliphatic carbocycles. The van der Waals surface area contributed by atoms with E-state index in [9.17, 15) is 0 Å². The summed E-state index contributed by atoms with van der Waals surface area (Å²) >= 11 is 3.46. The molecule has 0 radical (unpaired) electrons. The zero-order valence-electron chi connectivity index (χ0n) is 8.23. The van der Waals surface area contributed by atoms with Crippen molar-refractivity contribution < 1.29 is 0 Å². The highest BCUT2D eigenvalue weighted by Gasteiger charge is 2.04. The van der Waals surface area contributed by atoms with Gasteiger partial charge in [0, 0.05) is 16.9 Å². The summed E-state index contributed by atoms with van der Waals surface area (Å²) in [6.07, 6.45) is 4.56. The Bertz CT molecular complexity index is 437. The highest BCUT2D eigenvalue weighted by Crippen LogP contribution is 2.19. The molecule has 1 aromatic heterocycles. The molecule has 3 nitrogen and oxygen atoms in total. The Balaban J connectivity index is 2.46. The monoisotopic (exact) mass is 265 g/mol. The molecule has 1 aromatic carbocycles. The largest absolute Gasteiger partial charge is 0.330 e. The van der Waals surface area contributed by atoms with Crippen LogP contribution in [-0.4, -0.2) is 16.3 Å². The van der Waals surface area contributed by atoms with Crippen LogP contribution in [0, 0.1) is 0 Å². The van der Waals surface area contributed by atoms with Gasteiger partial charge in [-0.1, -0.05) is 15.9 Å². The first-order valence-corrected chi connectivity index (χ1v) is 5.59. The minimum atomic E-state index is 0.644. The molecule has 0 saturated heterocycles. The molecule has 0 aliphatic heterocycles. The van der Waals surface area contributed by atoms with Gasteiger partial charge in [-0.3, -0.25) is 0 Å². The van der Waals surface area contributed by atoms with Crippen LogP contribution < -0.4 is 5.73 Å². The van der Waals surface area contributed by atoms with E-state index in [4.69, 9.17) is 5.73 Å². The highest BCUT2D eigenvalue weighted by molar-refractivity contribution is 9.10. The van der Waals surface area contributed by atoms with Crippen LogP contribution >= 0.6 is 15.9 Å². The maximum Gasteiger partial charge on any atom is 0.0678 e. The number of benzene rings is 1. The quantitative estimate of drug-likeness (QED) is 0.924. The second kappa shape index (κ2) is 4.59. The maximum atomic E-state index is 5.59. The van der Waals surface area contributed by atoms with Gasteiger partial charge in [0.25, 0.3) is 0 Å². The van der Waals surface area contributed by atoms with E-state index >= 15 is 0 Å². The standard InChI is InChI=1S/C11H12BrN3/c12-10-2-3-11(9(8-10)4-5-13)15-7-1-6-14-15/h1-3,6-8H,4-5,13H2. The lowest BCUT2D eigenvalue weighted by Gasteiger charge is -2.09. The van der Waals surface area contributed by atoms with Gasteiger partial charge < -0.3 is 5.73 Å². The third-order valence-corrected chi connectivity index (χ3v) is 2.70. The number of halogens is 1. The van der Waals surface area contributed by atoms with E-state index in [0.717, 1.165) is 16.6 Å². The zero-order valence-corrected chi connectivity index (χ0v) is 9.81. The number of nitrogens with two attached hydrogens (primary N) is 1. The topological polar surface area (TPSA) is 43.8 Å². The summed E-state index contributed by atoms with van der Waals surface area (Å²) in [5.41, 5.74) is 7.88. The van der Waals surface area contributed by atoms with Gasteiger partial charge in [0.15, 0.2) is 0 Å². The van der Waals surface area contributed by atoms with E-state index in [1.54, 1.807) is 6.20 Å². The van der Waals surface area contributed by atoms with E-state index in [0.29, 0.717) is 6.54 Å². The molecule has 0 spiro atoms. The van der Waals surface area contributed by atoms with Crippen LogP contribution in [0.1, 0.15) is 5.56 Å². The fourth-order valence-electron chi connectivity index (χ4n) is 1.54. The van der Waals surface area contributed by atoms with Crippen molar-refractivity contribution in [3.63, 3.8) is 0 Å². The third-order valence-electron chi connectivity index (χ3n) is 2.21. The van der Waals surface area contributed by atoms with Crippen LogP contribution in [0.4, 0.5) is 0 Å². The van der Waals surface area contributed by atoms with E-state index in [2.05, 4.69) is 27.1 Å². The SMILES string of the molecule is NCCc1cc(Br)ccc1-n1cccn1. The summed E-state index contributed by atoms with van der Waals surface area (Å²) in [5, 5.41) is 4.22. The predicted molar refractivity (Wildman–Crippen MR) is 64.0 cm³/mol. The summed E-state index contributed by atoms with van der Waals surface area (Å²) in [6, 6.07) is 8.05. The molecule has 0 amide bonds. The van der Waals surface area contributed by atoms with Crippen LogP contribution in [0.5, 0.6) is 0 Å². The van der Waals surface area contributed by atoms with Crippen molar-refractivity contribution in [1.82, 2.24) is 9.78 Å². The zero-order chi connectivity index (χ0) is 10.7. The Labute approximate surface area is 97.0 Å². The molecule has 78 valence electrons. The van der Waals surface area contributed by atoms with E-state index < -0.39 is 0 Å². The lowest BCUT2D eigenvalue weighted by atomic mass is 10.1. The summed E-state index contributed by atoms with van der Waals surface area (Å²) in [6.45, 7) is 0.644. The summed E-state index contributed by atoms with van der Waals surface area (Å²) in [5.74, 6) is 0. The number of aromatic nitrogens is 2. The normalized spacial score (nSPS) is 10.5. The van der Waals surface area contributed by atoms with Gasteiger partial charge >= 0.3 is 0 Å². The van der Waals surface area contributed by atoms with Crippen LogP contribution in [0.2, 0.25) is 0 Å². The summed E-state index contributed by atoms with van der Waals surface area (Å²) in [4.78, 5) is 0. The Morgan fingerprint density at radius 1 is 1.40 bits per heavy atom. The second-order valence-corrected chi connectivity index (χ2v) is 4.18. The Kier molecular flexibility index (Phi) is 3.18. The molecule has 0 atom stereocenters. The molecule has 0 fully saturated rings. The molecular formula is C11H12BrN3. The van der Waals surface area contributed by atoms with Crippen molar-refractivity contribution in [2.75, 3.05) is 6.54 Å². The van der Waals surface area contributed by atoms with Gasteiger partial charge in [0.05, 0.1) is 5.69 Å². The predicted octanol–water partition coefficient (Wildman–Crippen LogP) is 2.14. The Hall–Kier alpha value is -1.13. The van der Waals surface area contributed by atoms with Gasteiger partial charge in [-0.15, -0.1) is 0 Å². The van der Waals surface area contributed by atoms with Crippen LogP contribution in [-0.2, 0) is 6.42 Å². The van der Waals surface area contributed by atoms with Crippen molar-refractivity contribution in [3.8, 4) is 5.69 Å². The molecule has 0 saturated carbocycles. The fourth-order valence-corrected chi connectivity index (χ4v) is 1.95. The molecule has 15 heavy (non-hydrogen) atoms. The van der Waals surface area contributed by atoms with E-state index in [1.165, 1.54) is 5.56 Å². The Morgan fingerprint density at radius 2 is 2.27 bits per heavy atom. The number of hydrogen-bond donors (Lipinski definition) is 1. The molecule has 2 rings (SSSR count). The molecule has 0 bridgehead atoms. The molecule has 1 heterocycles. The lowest BCUT2D eigenvalue weighted by Crippen LogP contribution is -2.07. The van der Waals surface area contributed by atoms with Gasteiger partial charge in [-0.2, -0.15) is 5.10 Å².